The second-order valence-electron chi connectivity index (χ2n) is 4.73. The van der Waals surface area contributed by atoms with Crippen LogP contribution in [0.3, 0.4) is 0 Å². The van der Waals surface area contributed by atoms with Crippen molar-refractivity contribution >= 4 is 12.0 Å². The van der Waals surface area contributed by atoms with Gasteiger partial charge in [-0.2, -0.15) is 0 Å². The molecule has 2 N–H and O–H groups in total. The van der Waals surface area contributed by atoms with Gasteiger partial charge < -0.3 is 15.3 Å². The van der Waals surface area contributed by atoms with Crippen molar-refractivity contribution in [1.82, 2.24) is 10.2 Å². The summed E-state index contributed by atoms with van der Waals surface area (Å²) in [6, 6.07) is -0.621. The molecule has 90 valence electrons. The summed E-state index contributed by atoms with van der Waals surface area (Å²) < 4.78 is 0. The number of carbonyl (C=O) groups is 2. The summed E-state index contributed by atoms with van der Waals surface area (Å²) in [6.45, 7) is 2.56. The van der Waals surface area contributed by atoms with Crippen LogP contribution in [0.5, 0.6) is 0 Å². The van der Waals surface area contributed by atoms with Gasteiger partial charge in [0.25, 0.3) is 0 Å². The van der Waals surface area contributed by atoms with Crippen molar-refractivity contribution in [2.75, 3.05) is 6.54 Å². The number of piperidine rings is 1. The van der Waals surface area contributed by atoms with Gasteiger partial charge in [-0.15, -0.1) is 0 Å². The molecule has 0 aromatic heterocycles. The van der Waals surface area contributed by atoms with Crippen molar-refractivity contribution in [3.63, 3.8) is 0 Å². The minimum atomic E-state index is -0.958. The fourth-order valence-corrected chi connectivity index (χ4v) is 2.74. The molecule has 2 amide bonds. The Balaban J connectivity index is 1.90. The third-order valence-electron chi connectivity index (χ3n) is 3.67. The number of carbonyl (C=O) groups excluding carboxylic acids is 1. The first-order valence-corrected chi connectivity index (χ1v) is 5.91. The lowest BCUT2D eigenvalue weighted by molar-refractivity contribution is -0.139. The van der Waals surface area contributed by atoms with Crippen LogP contribution in [-0.4, -0.2) is 40.6 Å². The molecule has 2 rings (SSSR count). The van der Waals surface area contributed by atoms with Gasteiger partial charge in [0.05, 0.1) is 0 Å². The number of likely N-dealkylation sites (tertiary alicyclic amines) is 1. The Hall–Kier alpha value is -1.26. The minimum Gasteiger partial charge on any atom is -0.480 e. The molecular weight excluding hydrogens is 208 g/mol. The molecule has 0 spiro atoms. The lowest BCUT2D eigenvalue weighted by atomic mass is 10.1. The SMILES string of the molecule is CCC(NC(=O)N1CC2CCC1C2)C(=O)O. The number of rotatable bonds is 3. The first-order chi connectivity index (χ1) is 7.61. The molecule has 3 atom stereocenters. The average Bonchev–Trinajstić information content (AvgIpc) is 2.86. The molecule has 5 nitrogen and oxygen atoms in total. The molecule has 1 saturated heterocycles. The number of carboxylic acids is 1. The number of carboxylic acid groups (broad SMARTS) is 1. The van der Waals surface area contributed by atoms with Gasteiger partial charge in [-0.05, 0) is 31.6 Å². The second-order valence-corrected chi connectivity index (χ2v) is 4.73. The summed E-state index contributed by atoms with van der Waals surface area (Å²) in [7, 11) is 0. The number of hydrogen-bond acceptors (Lipinski definition) is 2. The molecule has 0 aromatic rings. The number of aliphatic carboxylic acids is 1. The fraction of sp³-hybridized carbons (Fsp3) is 0.818. The maximum absolute atomic E-state index is 11.9. The minimum absolute atomic E-state index is 0.207. The first-order valence-electron chi connectivity index (χ1n) is 5.91. The average molecular weight is 226 g/mol. The van der Waals surface area contributed by atoms with Gasteiger partial charge in [0.1, 0.15) is 6.04 Å². The fourth-order valence-electron chi connectivity index (χ4n) is 2.74. The van der Waals surface area contributed by atoms with Crippen molar-refractivity contribution < 1.29 is 14.7 Å². The third-order valence-corrected chi connectivity index (χ3v) is 3.67. The van der Waals surface area contributed by atoms with E-state index in [1.807, 2.05) is 0 Å². The molecule has 5 heteroatoms. The zero-order chi connectivity index (χ0) is 11.7. The molecule has 2 fully saturated rings. The molecule has 1 aliphatic heterocycles. The van der Waals surface area contributed by atoms with Crippen LogP contribution in [-0.2, 0) is 4.79 Å². The topological polar surface area (TPSA) is 69.6 Å². The second kappa shape index (κ2) is 4.31. The molecule has 2 aliphatic rings. The lowest BCUT2D eigenvalue weighted by Gasteiger charge is -2.28. The number of nitrogens with zero attached hydrogens (tertiary/aromatic N) is 1. The summed E-state index contributed by atoms with van der Waals surface area (Å²) in [4.78, 5) is 24.5. The van der Waals surface area contributed by atoms with Crippen LogP contribution in [0.15, 0.2) is 0 Å². The number of nitrogens with one attached hydrogen (secondary N) is 1. The van der Waals surface area contributed by atoms with E-state index in [0.717, 1.165) is 19.4 Å². The van der Waals surface area contributed by atoms with Crippen LogP contribution in [0.2, 0.25) is 0 Å². The van der Waals surface area contributed by atoms with Crippen LogP contribution in [0.25, 0.3) is 0 Å². The molecule has 1 heterocycles. The molecule has 1 aliphatic carbocycles. The quantitative estimate of drug-likeness (QED) is 0.755. The summed E-state index contributed by atoms with van der Waals surface area (Å²) in [5.41, 5.74) is 0. The Morgan fingerprint density at radius 1 is 1.50 bits per heavy atom. The van der Waals surface area contributed by atoms with E-state index in [1.165, 1.54) is 6.42 Å². The molecular formula is C11H18N2O3. The van der Waals surface area contributed by atoms with Crippen LogP contribution in [0.1, 0.15) is 32.6 Å². The Kier molecular flexibility index (Phi) is 3.03. The van der Waals surface area contributed by atoms with Crippen molar-refractivity contribution in [2.45, 2.75) is 44.7 Å². The summed E-state index contributed by atoms with van der Waals surface area (Å²) in [5, 5.41) is 11.4. The highest BCUT2D eigenvalue weighted by molar-refractivity contribution is 5.82. The van der Waals surface area contributed by atoms with Gasteiger partial charge in [-0.25, -0.2) is 9.59 Å². The Bertz CT molecular complexity index is 306. The molecule has 1 saturated carbocycles. The van der Waals surface area contributed by atoms with E-state index in [2.05, 4.69) is 5.32 Å². The summed E-state index contributed by atoms with van der Waals surface area (Å²) >= 11 is 0. The highest BCUT2D eigenvalue weighted by Gasteiger charge is 2.40. The summed E-state index contributed by atoms with van der Waals surface area (Å²) in [6.07, 6.45) is 3.80. The maximum Gasteiger partial charge on any atom is 0.326 e. The largest absolute Gasteiger partial charge is 0.480 e. The molecule has 0 aromatic carbocycles. The molecule has 2 bridgehead atoms. The number of hydrogen-bond donors (Lipinski definition) is 2. The van der Waals surface area contributed by atoms with E-state index >= 15 is 0 Å². The standard InChI is InChI=1S/C11H18N2O3/c1-2-9(10(14)15)12-11(16)13-6-7-3-4-8(13)5-7/h7-9H,2-6H2,1H3,(H,12,16)(H,14,15). The van der Waals surface area contributed by atoms with Gasteiger partial charge in [-0.1, -0.05) is 6.92 Å². The van der Waals surface area contributed by atoms with Gasteiger partial charge >= 0.3 is 12.0 Å². The van der Waals surface area contributed by atoms with Gasteiger partial charge in [-0.3, -0.25) is 0 Å². The molecule has 0 radical (unpaired) electrons. The zero-order valence-electron chi connectivity index (χ0n) is 9.48. The Morgan fingerprint density at radius 2 is 2.25 bits per heavy atom. The van der Waals surface area contributed by atoms with Crippen LogP contribution < -0.4 is 5.32 Å². The summed E-state index contributed by atoms with van der Waals surface area (Å²) in [5.74, 6) is -0.319. The van der Waals surface area contributed by atoms with Gasteiger partial charge in [0, 0.05) is 12.6 Å². The van der Waals surface area contributed by atoms with E-state index < -0.39 is 12.0 Å². The van der Waals surface area contributed by atoms with Crippen molar-refractivity contribution in [1.29, 1.82) is 0 Å². The Labute approximate surface area is 94.8 Å². The maximum atomic E-state index is 11.9. The number of urea groups is 1. The monoisotopic (exact) mass is 226 g/mol. The lowest BCUT2D eigenvalue weighted by Crippen LogP contribution is -2.50. The number of fused-ring (bicyclic) bond motifs is 2. The van der Waals surface area contributed by atoms with Crippen molar-refractivity contribution in [3.05, 3.63) is 0 Å². The van der Waals surface area contributed by atoms with Crippen LogP contribution in [0.4, 0.5) is 4.79 Å². The normalized spacial score (nSPS) is 29.2. The van der Waals surface area contributed by atoms with Crippen molar-refractivity contribution in [2.24, 2.45) is 5.92 Å². The third kappa shape index (κ3) is 1.99. The van der Waals surface area contributed by atoms with E-state index in [0.29, 0.717) is 18.4 Å². The van der Waals surface area contributed by atoms with Crippen LogP contribution >= 0.6 is 0 Å². The highest BCUT2D eigenvalue weighted by atomic mass is 16.4. The number of amides is 2. The predicted octanol–water partition coefficient (Wildman–Crippen LogP) is 1.04. The highest BCUT2D eigenvalue weighted by Crippen LogP contribution is 2.37. The molecule has 16 heavy (non-hydrogen) atoms. The molecule has 3 unspecified atom stereocenters. The zero-order valence-corrected chi connectivity index (χ0v) is 9.48. The first kappa shape index (κ1) is 11.2. The van der Waals surface area contributed by atoms with E-state index in [-0.39, 0.29) is 6.03 Å². The van der Waals surface area contributed by atoms with E-state index in [1.54, 1.807) is 11.8 Å². The predicted molar refractivity (Wildman–Crippen MR) is 58.1 cm³/mol. The van der Waals surface area contributed by atoms with E-state index in [9.17, 15) is 9.59 Å². The van der Waals surface area contributed by atoms with Crippen LogP contribution in [0, 0.1) is 5.92 Å². The van der Waals surface area contributed by atoms with Gasteiger partial charge in [0.15, 0.2) is 0 Å². The smallest absolute Gasteiger partial charge is 0.326 e. The van der Waals surface area contributed by atoms with E-state index in [4.69, 9.17) is 5.11 Å². The van der Waals surface area contributed by atoms with Crippen molar-refractivity contribution in [3.8, 4) is 0 Å². The van der Waals surface area contributed by atoms with Gasteiger partial charge in [0.2, 0.25) is 0 Å². The Morgan fingerprint density at radius 3 is 2.69 bits per heavy atom.